The van der Waals surface area contributed by atoms with Crippen LogP contribution in [0.3, 0.4) is 0 Å². The van der Waals surface area contributed by atoms with Gasteiger partial charge in [-0.25, -0.2) is 9.78 Å². The van der Waals surface area contributed by atoms with Gasteiger partial charge in [-0.2, -0.15) is 0 Å². The molecule has 0 aliphatic heterocycles. The van der Waals surface area contributed by atoms with Gasteiger partial charge in [-0.15, -0.1) is 0 Å². The van der Waals surface area contributed by atoms with Gasteiger partial charge in [-0.1, -0.05) is 0 Å². The highest BCUT2D eigenvalue weighted by molar-refractivity contribution is 5.90. The minimum Gasteiger partial charge on any atom is -0.443 e. The normalized spacial score (nSPS) is 11.6. The molecule has 1 amide bonds. The first-order valence-corrected chi connectivity index (χ1v) is 5.67. The van der Waals surface area contributed by atoms with Crippen LogP contribution in [0.25, 0.3) is 11.1 Å². The molecule has 0 atom stereocenters. The van der Waals surface area contributed by atoms with Crippen LogP contribution in [0.2, 0.25) is 0 Å². The van der Waals surface area contributed by atoms with Crippen LogP contribution in [0.15, 0.2) is 29.0 Å². The van der Waals surface area contributed by atoms with Crippen molar-refractivity contribution < 1.29 is 13.9 Å². The largest absolute Gasteiger partial charge is 0.443 e. The molecule has 0 spiro atoms. The number of nitrogens with zero attached hydrogens (tertiary/aromatic N) is 2. The SMILES string of the molecule is CN(C(=O)OC(C)(C)C)c1ccc2ocnc2c1. The van der Waals surface area contributed by atoms with Crippen LogP contribution in [0.1, 0.15) is 20.8 Å². The second-order valence-corrected chi connectivity index (χ2v) is 5.04. The minimum absolute atomic E-state index is 0.398. The number of hydrogen-bond donors (Lipinski definition) is 0. The molecule has 0 saturated heterocycles. The van der Waals surface area contributed by atoms with Crippen molar-refractivity contribution in [2.45, 2.75) is 26.4 Å². The highest BCUT2D eigenvalue weighted by Gasteiger charge is 2.20. The van der Waals surface area contributed by atoms with Gasteiger partial charge in [0.2, 0.25) is 0 Å². The van der Waals surface area contributed by atoms with Crippen molar-refractivity contribution >= 4 is 22.9 Å². The lowest BCUT2D eigenvalue weighted by Crippen LogP contribution is -2.34. The average Bonchev–Trinajstić information content (AvgIpc) is 2.72. The van der Waals surface area contributed by atoms with Crippen molar-refractivity contribution in [3.63, 3.8) is 0 Å². The van der Waals surface area contributed by atoms with E-state index in [1.165, 1.54) is 11.3 Å². The Bertz CT molecular complexity index is 569. The van der Waals surface area contributed by atoms with Gasteiger partial charge < -0.3 is 9.15 Å². The third-order valence-corrected chi connectivity index (χ3v) is 2.37. The van der Waals surface area contributed by atoms with E-state index >= 15 is 0 Å². The van der Waals surface area contributed by atoms with Gasteiger partial charge in [0.25, 0.3) is 0 Å². The number of carbonyl (C=O) groups excluding carboxylic acids is 1. The number of aromatic nitrogens is 1. The maximum atomic E-state index is 11.9. The Hall–Kier alpha value is -2.04. The molecule has 18 heavy (non-hydrogen) atoms. The summed E-state index contributed by atoms with van der Waals surface area (Å²) in [5.41, 5.74) is 1.61. The summed E-state index contributed by atoms with van der Waals surface area (Å²) in [7, 11) is 1.66. The van der Waals surface area contributed by atoms with Crippen molar-refractivity contribution in [1.82, 2.24) is 4.98 Å². The van der Waals surface area contributed by atoms with E-state index < -0.39 is 11.7 Å². The Balaban J connectivity index is 2.22. The Kier molecular flexibility index (Phi) is 2.98. The fourth-order valence-electron chi connectivity index (χ4n) is 1.49. The first-order chi connectivity index (χ1) is 8.37. The van der Waals surface area contributed by atoms with E-state index in [4.69, 9.17) is 9.15 Å². The predicted molar refractivity (Wildman–Crippen MR) is 68.6 cm³/mol. The summed E-state index contributed by atoms with van der Waals surface area (Å²) in [5, 5.41) is 0. The summed E-state index contributed by atoms with van der Waals surface area (Å²) < 4.78 is 10.4. The van der Waals surface area contributed by atoms with Gasteiger partial charge in [0.05, 0.1) is 0 Å². The molecule has 0 aliphatic rings. The van der Waals surface area contributed by atoms with E-state index in [9.17, 15) is 4.79 Å². The number of hydrogen-bond acceptors (Lipinski definition) is 4. The summed E-state index contributed by atoms with van der Waals surface area (Å²) >= 11 is 0. The third-order valence-electron chi connectivity index (χ3n) is 2.37. The maximum Gasteiger partial charge on any atom is 0.414 e. The molecule has 5 nitrogen and oxygen atoms in total. The number of oxazole rings is 1. The van der Waals surface area contributed by atoms with E-state index in [2.05, 4.69) is 4.98 Å². The van der Waals surface area contributed by atoms with Crippen LogP contribution < -0.4 is 4.90 Å². The highest BCUT2D eigenvalue weighted by atomic mass is 16.6. The van der Waals surface area contributed by atoms with Gasteiger partial charge in [-0.05, 0) is 39.0 Å². The second-order valence-electron chi connectivity index (χ2n) is 5.04. The molecule has 2 aromatic rings. The zero-order chi connectivity index (χ0) is 13.3. The van der Waals surface area contributed by atoms with Crippen LogP contribution in [0.5, 0.6) is 0 Å². The first-order valence-electron chi connectivity index (χ1n) is 5.67. The van der Waals surface area contributed by atoms with Gasteiger partial charge >= 0.3 is 6.09 Å². The molecule has 0 unspecified atom stereocenters. The Morgan fingerprint density at radius 2 is 2.11 bits per heavy atom. The molecule has 1 aromatic heterocycles. The number of amides is 1. The van der Waals surface area contributed by atoms with E-state index in [-0.39, 0.29) is 0 Å². The second kappa shape index (κ2) is 4.33. The zero-order valence-corrected chi connectivity index (χ0v) is 10.9. The number of carbonyl (C=O) groups is 1. The van der Waals surface area contributed by atoms with E-state index in [1.54, 1.807) is 25.2 Å². The molecule has 5 heteroatoms. The van der Waals surface area contributed by atoms with Gasteiger partial charge in [-0.3, -0.25) is 4.90 Å². The summed E-state index contributed by atoms with van der Waals surface area (Å²) in [5.74, 6) is 0. The summed E-state index contributed by atoms with van der Waals surface area (Å²) in [6.07, 6.45) is 0.979. The summed E-state index contributed by atoms with van der Waals surface area (Å²) in [4.78, 5) is 17.4. The number of fused-ring (bicyclic) bond motifs is 1. The van der Waals surface area contributed by atoms with Gasteiger partial charge in [0.1, 0.15) is 11.1 Å². The average molecular weight is 248 g/mol. The van der Waals surface area contributed by atoms with Crippen LogP contribution >= 0.6 is 0 Å². The number of ether oxygens (including phenoxy) is 1. The van der Waals surface area contributed by atoms with E-state index in [0.717, 1.165) is 0 Å². The smallest absolute Gasteiger partial charge is 0.414 e. The molecule has 0 aliphatic carbocycles. The molecular weight excluding hydrogens is 232 g/mol. The first kappa shape index (κ1) is 12.4. The van der Waals surface area contributed by atoms with Crippen molar-refractivity contribution in [3.05, 3.63) is 24.6 Å². The topological polar surface area (TPSA) is 55.6 Å². The molecule has 0 fully saturated rings. The van der Waals surface area contributed by atoms with Crippen LogP contribution in [0.4, 0.5) is 10.5 Å². The summed E-state index contributed by atoms with van der Waals surface area (Å²) in [6, 6.07) is 5.35. The molecule has 1 heterocycles. The van der Waals surface area contributed by atoms with Crippen LogP contribution in [-0.4, -0.2) is 23.7 Å². The molecule has 0 N–H and O–H groups in total. The zero-order valence-electron chi connectivity index (χ0n) is 10.9. The number of rotatable bonds is 1. The molecule has 0 bridgehead atoms. The standard InChI is InChI=1S/C13H16N2O3/c1-13(2,3)18-12(16)15(4)9-5-6-11-10(7-9)14-8-17-11/h5-8H,1-4H3. The van der Waals surface area contributed by atoms with Gasteiger partial charge in [0.15, 0.2) is 12.0 Å². The molecular formula is C13H16N2O3. The van der Waals surface area contributed by atoms with Crippen molar-refractivity contribution in [2.75, 3.05) is 11.9 Å². The quantitative estimate of drug-likeness (QED) is 0.777. The summed E-state index contributed by atoms with van der Waals surface area (Å²) in [6.45, 7) is 5.50. The predicted octanol–water partition coefficient (Wildman–Crippen LogP) is 3.20. The Morgan fingerprint density at radius 1 is 1.39 bits per heavy atom. The molecule has 2 rings (SSSR count). The van der Waals surface area contributed by atoms with Crippen LogP contribution in [-0.2, 0) is 4.74 Å². The molecule has 1 aromatic carbocycles. The Morgan fingerprint density at radius 3 is 2.78 bits per heavy atom. The molecule has 96 valence electrons. The lowest BCUT2D eigenvalue weighted by atomic mass is 10.2. The lowest BCUT2D eigenvalue weighted by Gasteiger charge is -2.24. The monoisotopic (exact) mass is 248 g/mol. The highest BCUT2D eigenvalue weighted by Crippen LogP contribution is 2.21. The minimum atomic E-state index is -0.511. The third kappa shape index (κ3) is 2.61. The maximum absolute atomic E-state index is 11.9. The fraction of sp³-hybridized carbons (Fsp3) is 0.385. The van der Waals surface area contributed by atoms with Gasteiger partial charge in [0, 0.05) is 12.7 Å². The van der Waals surface area contributed by atoms with Crippen LogP contribution in [0, 0.1) is 0 Å². The van der Waals surface area contributed by atoms with Crippen molar-refractivity contribution in [2.24, 2.45) is 0 Å². The number of benzene rings is 1. The van der Waals surface area contributed by atoms with E-state index in [0.29, 0.717) is 16.8 Å². The lowest BCUT2D eigenvalue weighted by molar-refractivity contribution is 0.0589. The van der Waals surface area contributed by atoms with E-state index in [1.807, 2.05) is 20.8 Å². The molecule has 0 saturated carbocycles. The Labute approximate surface area is 105 Å². The van der Waals surface area contributed by atoms with Crippen molar-refractivity contribution in [3.8, 4) is 0 Å². The number of anilines is 1. The fourth-order valence-corrected chi connectivity index (χ4v) is 1.49. The molecule has 0 radical (unpaired) electrons. The van der Waals surface area contributed by atoms with Crippen molar-refractivity contribution in [1.29, 1.82) is 0 Å².